The van der Waals surface area contributed by atoms with E-state index in [-0.39, 0.29) is 10.6 Å². The molecule has 1 aromatic heterocycles. The molecule has 1 heterocycles. The van der Waals surface area contributed by atoms with Crippen molar-refractivity contribution in [1.82, 2.24) is 15.1 Å². The molecule has 1 N–H and O–H groups in total. The topological polar surface area (TPSA) is 73.0 Å². The van der Waals surface area contributed by atoms with Crippen LogP contribution < -0.4 is 5.32 Å². The number of aryl methyl sites for hydroxylation is 1. The third-order valence-electron chi connectivity index (χ3n) is 2.85. The zero-order chi connectivity index (χ0) is 14.5. The molecule has 0 atom stereocenters. The number of halogens is 1. The maximum absolute atomic E-state index is 10.8. The monoisotopic (exact) mass is 338 g/mol. The minimum atomic E-state index is -0.389. The van der Waals surface area contributed by atoms with E-state index in [1.165, 1.54) is 6.07 Å². The van der Waals surface area contributed by atoms with E-state index >= 15 is 0 Å². The minimum absolute atomic E-state index is 0.0898. The minimum Gasteiger partial charge on any atom is -0.311 e. The molecule has 0 aliphatic rings. The molecule has 0 saturated carbocycles. The van der Waals surface area contributed by atoms with Gasteiger partial charge in [-0.2, -0.15) is 5.10 Å². The first-order chi connectivity index (χ1) is 9.58. The second-order valence-corrected chi connectivity index (χ2v) is 5.26. The normalized spacial score (nSPS) is 10.7. The van der Waals surface area contributed by atoms with E-state index in [1.54, 1.807) is 6.07 Å². The van der Waals surface area contributed by atoms with Crippen LogP contribution >= 0.6 is 15.9 Å². The predicted molar refractivity (Wildman–Crippen MR) is 79.5 cm³/mol. The van der Waals surface area contributed by atoms with Gasteiger partial charge in [0, 0.05) is 25.4 Å². The Morgan fingerprint density at radius 2 is 2.30 bits per heavy atom. The van der Waals surface area contributed by atoms with Crippen molar-refractivity contribution in [2.45, 2.75) is 20.0 Å². The molecule has 0 saturated heterocycles. The van der Waals surface area contributed by atoms with Gasteiger partial charge in [0.1, 0.15) is 0 Å². The Morgan fingerprint density at radius 3 is 2.95 bits per heavy atom. The Hall–Kier alpha value is -1.73. The predicted octanol–water partition coefficient (Wildman–Crippen LogP) is 2.65. The van der Waals surface area contributed by atoms with Crippen LogP contribution in [-0.2, 0) is 13.1 Å². The molecule has 106 valence electrons. The van der Waals surface area contributed by atoms with Crippen molar-refractivity contribution in [3.63, 3.8) is 0 Å². The SMILES string of the molecule is Cc1cnn(CCNCc2cccc([N+](=O)[O-])c2Br)c1. The number of benzene rings is 1. The molecule has 0 bridgehead atoms. The van der Waals surface area contributed by atoms with Gasteiger partial charge in [-0.15, -0.1) is 0 Å². The third kappa shape index (κ3) is 3.64. The average molecular weight is 339 g/mol. The summed E-state index contributed by atoms with van der Waals surface area (Å²) in [6.07, 6.45) is 3.79. The van der Waals surface area contributed by atoms with Gasteiger partial charge in [-0.3, -0.25) is 14.8 Å². The molecule has 0 aliphatic heterocycles. The van der Waals surface area contributed by atoms with Gasteiger partial charge in [0.2, 0.25) is 0 Å². The van der Waals surface area contributed by atoms with E-state index in [4.69, 9.17) is 0 Å². The van der Waals surface area contributed by atoms with Gasteiger partial charge in [-0.1, -0.05) is 12.1 Å². The fraction of sp³-hybridized carbons (Fsp3) is 0.308. The Morgan fingerprint density at radius 1 is 1.50 bits per heavy atom. The Bertz CT molecular complexity index is 612. The number of hydrogen-bond acceptors (Lipinski definition) is 4. The summed E-state index contributed by atoms with van der Waals surface area (Å²) in [6, 6.07) is 5.04. The van der Waals surface area contributed by atoms with Crippen LogP contribution in [0, 0.1) is 17.0 Å². The maximum Gasteiger partial charge on any atom is 0.283 e. The molecule has 20 heavy (non-hydrogen) atoms. The van der Waals surface area contributed by atoms with Gasteiger partial charge in [0.05, 0.1) is 22.1 Å². The van der Waals surface area contributed by atoms with E-state index in [0.29, 0.717) is 11.0 Å². The zero-order valence-corrected chi connectivity index (χ0v) is 12.6. The molecule has 1 aromatic carbocycles. The second-order valence-electron chi connectivity index (χ2n) is 4.46. The first-order valence-electron chi connectivity index (χ1n) is 6.19. The number of nitrogens with zero attached hydrogens (tertiary/aromatic N) is 3. The zero-order valence-electron chi connectivity index (χ0n) is 11.0. The number of aromatic nitrogens is 2. The van der Waals surface area contributed by atoms with Crippen LogP contribution in [0.5, 0.6) is 0 Å². The van der Waals surface area contributed by atoms with Crippen LogP contribution in [-0.4, -0.2) is 21.2 Å². The van der Waals surface area contributed by atoms with Crippen molar-refractivity contribution in [3.8, 4) is 0 Å². The van der Waals surface area contributed by atoms with Crippen LogP contribution in [0.15, 0.2) is 35.1 Å². The largest absolute Gasteiger partial charge is 0.311 e. The second kappa shape index (κ2) is 6.62. The molecule has 0 spiro atoms. The Labute approximate surface area is 125 Å². The molecular weight excluding hydrogens is 324 g/mol. The summed E-state index contributed by atoms with van der Waals surface area (Å²) >= 11 is 3.28. The molecule has 0 aliphatic carbocycles. The summed E-state index contributed by atoms with van der Waals surface area (Å²) in [5.74, 6) is 0. The van der Waals surface area contributed by atoms with Crippen LogP contribution in [0.1, 0.15) is 11.1 Å². The number of nitrogens with one attached hydrogen (secondary N) is 1. The number of nitro benzene ring substituents is 1. The molecule has 0 fully saturated rings. The van der Waals surface area contributed by atoms with Gasteiger partial charge in [0.15, 0.2) is 0 Å². The van der Waals surface area contributed by atoms with Gasteiger partial charge in [-0.05, 0) is 34.0 Å². The molecule has 0 unspecified atom stereocenters. The smallest absolute Gasteiger partial charge is 0.283 e. The highest BCUT2D eigenvalue weighted by atomic mass is 79.9. The number of nitro groups is 1. The van der Waals surface area contributed by atoms with Crippen LogP contribution in [0.4, 0.5) is 5.69 Å². The molecule has 6 nitrogen and oxygen atoms in total. The lowest BCUT2D eigenvalue weighted by atomic mass is 10.2. The molecule has 7 heteroatoms. The van der Waals surface area contributed by atoms with Crippen molar-refractivity contribution >= 4 is 21.6 Å². The lowest BCUT2D eigenvalue weighted by molar-refractivity contribution is -0.385. The van der Waals surface area contributed by atoms with Crippen molar-refractivity contribution in [3.05, 3.63) is 56.3 Å². The van der Waals surface area contributed by atoms with Crippen LogP contribution in [0.25, 0.3) is 0 Å². The fourth-order valence-electron chi connectivity index (χ4n) is 1.85. The lowest BCUT2D eigenvalue weighted by Gasteiger charge is -2.07. The standard InChI is InChI=1S/C13H15BrN4O2/c1-10-7-16-17(9-10)6-5-15-8-11-3-2-4-12(13(11)14)18(19)20/h2-4,7,9,15H,5-6,8H2,1H3. The van der Waals surface area contributed by atoms with E-state index < -0.39 is 0 Å². The summed E-state index contributed by atoms with van der Waals surface area (Å²) in [6.45, 7) is 4.08. The maximum atomic E-state index is 10.8. The molecule has 2 rings (SSSR count). The summed E-state index contributed by atoms with van der Waals surface area (Å²) in [5, 5.41) is 18.3. The van der Waals surface area contributed by atoms with Crippen molar-refractivity contribution < 1.29 is 4.92 Å². The fourth-order valence-corrected chi connectivity index (χ4v) is 2.40. The number of hydrogen-bond donors (Lipinski definition) is 1. The third-order valence-corrected chi connectivity index (χ3v) is 3.77. The van der Waals surface area contributed by atoms with Gasteiger partial charge < -0.3 is 5.32 Å². The van der Waals surface area contributed by atoms with Crippen molar-refractivity contribution in [2.75, 3.05) is 6.54 Å². The van der Waals surface area contributed by atoms with E-state index in [1.807, 2.05) is 30.1 Å². The van der Waals surface area contributed by atoms with E-state index in [2.05, 4.69) is 26.3 Å². The quantitative estimate of drug-likeness (QED) is 0.499. The van der Waals surface area contributed by atoms with Gasteiger partial charge in [0.25, 0.3) is 5.69 Å². The lowest BCUT2D eigenvalue weighted by Crippen LogP contribution is -2.20. The Balaban J connectivity index is 1.88. The van der Waals surface area contributed by atoms with Crippen LogP contribution in [0.2, 0.25) is 0 Å². The summed E-state index contributed by atoms with van der Waals surface area (Å²) in [7, 11) is 0. The highest BCUT2D eigenvalue weighted by molar-refractivity contribution is 9.10. The highest BCUT2D eigenvalue weighted by Gasteiger charge is 2.14. The van der Waals surface area contributed by atoms with E-state index in [0.717, 1.165) is 24.2 Å². The molecular formula is C13H15BrN4O2. The average Bonchev–Trinajstić information content (AvgIpc) is 2.82. The molecule has 0 radical (unpaired) electrons. The summed E-state index contributed by atoms with van der Waals surface area (Å²) in [4.78, 5) is 10.4. The van der Waals surface area contributed by atoms with Crippen molar-refractivity contribution in [2.24, 2.45) is 0 Å². The van der Waals surface area contributed by atoms with Gasteiger partial charge >= 0.3 is 0 Å². The summed E-state index contributed by atoms with van der Waals surface area (Å²) in [5.41, 5.74) is 2.09. The van der Waals surface area contributed by atoms with Crippen molar-refractivity contribution in [1.29, 1.82) is 0 Å². The first-order valence-corrected chi connectivity index (χ1v) is 6.99. The molecule has 2 aromatic rings. The summed E-state index contributed by atoms with van der Waals surface area (Å²) < 4.78 is 2.40. The van der Waals surface area contributed by atoms with Gasteiger partial charge in [-0.25, -0.2) is 0 Å². The van der Waals surface area contributed by atoms with Crippen LogP contribution in [0.3, 0.4) is 0 Å². The van der Waals surface area contributed by atoms with E-state index in [9.17, 15) is 10.1 Å². The number of rotatable bonds is 6. The highest BCUT2D eigenvalue weighted by Crippen LogP contribution is 2.27. The molecule has 0 amide bonds. The first kappa shape index (κ1) is 14.7. The Kier molecular flexibility index (Phi) is 4.86.